The van der Waals surface area contributed by atoms with E-state index in [2.05, 4.69) is 43.2 Å². The molecular formula is C18H29ClN2. The first kappa shape index (κ1) is 16.8. The molecule has 0 aliphatic heterocycles. The molecule has 1 aliphatic carbocycles. The first-order valence-electron chi connectivity index (χ1n) is 8.15. The Bertz CT molecular complexity index is 421. The summed E-state index contributed by atoms with van der Waals surface area (Å²) in [7, 11) is 2.24. The zero-order valence-corrected chi connectivity index (χ0v) is 14.4. The maximum Gasteiger partial charge on any atom is 0.0406 e. The summed E-state index contributed by atoms with van der Waals surface area (Å²) in [6.45, 7) is 7.80. The van der Waals surface area contributed by atoms with Crippen LogP contribution >= 0.6 is 11.6 Å². The highest BCUT2D eigenvalue weighted by Crippen LogP contribution is 2.38. The Labute approximate surface area is 134 Å². The average Bonchev–Trinajstić information content (AvgIpc) is 2.88. The average molecular weight is 309 g/mol. The third kappa shape index (κ3) is 5.28. The first-order valence-corrected chi connectivity index (χ1v) is 8.53. The minimum Gasteiger partial charge on any atom is -0.314 e. The monoisotopic (exact) mass is 308 g/mol. The molecule has 1 fully saturated rings. The van der Waals surface area contributed by atoms with Crippen molar-refractivity contribution in [3.05, 3.63) is 34.9 Å². The van der Waals surface area contributed by atoms with E-state index in [0.717, 1.165) is 18.1 Å². The minimum absolute atomic E-state index is 0.464. The molecule has 1 aromatic rings. The summed E-state index contributed by atoms with van der Waals surface area (Å²) < 4.78 is 0. The molecule has 0 spiro atoms. The molecule has 0 saturated heterocycles. The number of hydrogen-bond acceptors (Lipinski definition) is 2. The van der Waals surface area contributed by atoms with Crippen LogP contribution in [0.2, 0.25) is 5.02 Å². The molecular weight excluding hydrogens is 280 g/mol. The highest BCUT2D eigenvalue weighted by molar-refractivity contribution is 6.30. The van der Waals surface area contributed by atoms with Crippen LogP contribution in [-0.2, 0) is 6.54 Å². The number of nitrogens with zero attached hydrogens (tertiary/aromatic N) is 1. The van der Waals surface area contributed by atoms with Gasteiger partial charge >= 0.3 is 0 Å². The van der Waals surface area contributed by atoms with Crippen molar-refractivity contribution in [2.45, 2.75) is 52.1 Å². The topological polar surface area (TPSA) is 15.3 Å². The Hall–Kier alpha value is -0.570. The number of benzene rings is 1. The predicted molar refractivity (Wildman–Crippen MR) is 91.8 cm³/mol. The van der Waals surface area contributed by atoms with Crippen LogP contribution in [0.3, 0.4) is 0 Å². The second kappa shape index (κ2) is 7.62. The summed E-state index contributed by atoms with van der Waals surface area (Å²) >= 11 is 5.96. The second-order valence-corrected chi connectivity index (χ2v) is 7.48. The lowest BCUT2D eigenvalue weighted by atomic mass is 9.85. The molecule has 0 aromatic heterocycles. The van der Waals surface area contributed by atoms with Gasteiger partial charge in [-0.05, 0) is 43.0 Å². The van der Waals surface area contributed by atoms with Crippen molar-refractivity contribution in [3.8, 4) is 0 Å². The molecule has 0 heterocycles. The van der Waals surface area contributed by atoms with E-state index in [1.165, 1.54) is 37.8 Å². The maximum absolute atomic E-state index is 5.96. The molecule has 21 heavy (non-hydrogen) atoms. The van der Waals surface area contributed by atoms with Crippen molar-refractivity contribution >= 4 is 11.6 Å². The van der Waals surface area contributed by atoms with Crippen molar-refractivity contribution in [2.75, 3.05) is 20.1 Å². The van der Waals surface area contributed by atoms with E-state index in [1.54, 1.807) is 0 Å². The molecule has 2 nitrogen and oxygen atoms in total. The molecule has 0 bridgehead atoms. The molecule has 0 unspecified atom stereocenters. The van der Waals surface area contributed by atoms with Gasteiger partial charge in [-0.3, -0.25) is 0 Å². The highest BCUT2D eigenvalue weighted by atomic mass is 35.5. The van der Waals surface area contributed by atoms with Gasteiger partial charge in [-0.15, -0.1) is 0 Å². The third-order valence-corrected chi connectivity index (χ3v) is 4.77. The van der Waals surface area contributed by atoms with Gasteiger partial charge in [-0.25, -0.2) is 0 Å². The summed E-state index contributed by atoms with van der Waals surface area (Å²) in [5, 5.41) is 4.48. The SMILES string of the molecule is CC(C)NCC1(CN(C)Cc2ccc(Cl)cc2)CCCC1. The van der Waals surface area contributed by atoms with E-state index in [-0.39, 0.29) is 0 Å². The standard InChI is InChI=1S/C18H29ClN2/c1-15(2)20-13-18(10-4-5-11-18)14-21(3)12-16-6-8-17(19)9-7-16/h6-9,15,20H,4-5,10-14H2,1-3H3. The van der Waals surface area contributed by atoms with Crippen LogP contribution in [0.5, 0.6) is 0 Å². The van der Waals surface area contributed by atoms with Crippen molar-refractivity contribution < 1.29 is 0 Å². The fourth-order valence-corrected chi connectivity index (χ4v) is 3.59. The Balaban J connectivity index is 1.91. The van der Waals surface area contributed by atoms with Gasteiger partial charge in [0.1, 0.15) is 0 Å². The van der Waals surface area contributed by atoms with Gasteiger partial charge in [0.25, 0.3) is 0 Å². The molecule has 0 radical (unpaired) electrons. The smallest absolute Gasteiger partial charge is 0.0406 e. The van der Waals surface area contributed by atoms with E-state index in [0.29, 0.717) is 11.5 Å². The van der Waals surface area contributed by atoms with E-state index in [4.69, 9.17) is 11.6 Å². The molecule has 2 rings (SSSR count). The van der Waals surface area contributed by atoms with Gasteiger partial charge in [0.15, 0.2) is 0 Å². The van der Waals surface area contributed by atoms with Gasteiger partial charge in [0.2, 0.25) is 0 Å². The Morgan fingerprint density at radius 3 is 2.38 bits per heavy atom. The summed E-state index contributed by atoms with van der Waals surface area (Å²) in [6, 6.07) is 8.80. The molecule has 1 aliphatic rings. The molecule has 1 aromatic carbocycles. The summed E-state index contributed by atoms with van der Waals surface area (Å²) in [4.78, 5) is 2.47. The molecule has 0 amide bonds. The third-order valence-electron chi connectivity index (χ3n) is 4.52. The lowest BCUT2D eigenvalue weighted by Gasteiger charge is -2.34. The highest BCUT2D eigenvalue weighted by Gasteiger charge is 2.34. The van der Waals surface area contributed by atoms with Crippen LogP contribution in [0.1, 0.15) is 45.1 Å². The van der Waals surface area contributed by atoms with Gasteiger partial charge in [-0.2, -0.15) is 0 Å². The number of hydrogen-bond donors (Lipinski definition) is 1. The van der Waals surface area contributed by atoms with Crippen LogP contribution in [0.4, 0.5) is 0 Å². The van der Waals surface area contributed by atoms with Crippen molar-refractivity contribution in [2.24, 2.45) is 5.41 Å². The van der Waals surface area contributed by atoms with Crippen molar-refractivity contribution in [1.82, 2.24) is 10.2 Å². The quantitative estimate of drug-likeness (QED) is 0.806. The molecule has 3 heteroatoms. The largest absolute Gasteiger partial charge is 0.314 e. The lowest BCUT2D eigenvalue weighted by Crippen LogP contribution is -2.43. The lowest BCUT2D eigenvalue weighted by molar-refractivity contribution is 0.164. The van der Waals surface area contributed by atoms with Gasteiger partial charge in [-0.1, -0.05) is 50.4 Å². The van der Waals surface area contributed by atoms with E-state index >= 15 is 0 Å². The zero-order valence-electron chi connectivity index (χ0n) is 13.7. The summed E-state index contributed by atoms with van der Waals surface area (Å²) in [5.74, 6) is 0. The van der Waals surface area contributed by atoms with Crippen LogP contribution in [0, 0.1) is 5.41 Å². The number of halogens is 1. The molecule has 0 atom stereocenters. The Morgan fingerprint density at radius 2 is 1.81 bits per heavy atom. The first-order chi connectivity index (χ1) is 9.99. The molecule has 1 N–H and O–H groups in total. The number of rotatable bonds is 7. The summed E-state index contributed by atoms with van der Waals surface area (Å²) in [5.41, 5.74) is 1.80. The van der Waals surface area contributed by atoms with Gasteiger partial charge in [0, 0.05) is 30.7 Å². The fourth-order valence-electron chi connectivity index (χ4n) is 3.47. The van der Waals surface area contributed by atoms with Crippen molar-refractivity contribution in [3.63, 3.8) is 0 Å². The minimum atomic E-state index is 0.464. The van der Waals surface area contributed by atoms with Crippen LogP contribution < -0.4 is 5.32 Å². The van der Waals surface area contributed by atoms with Crippen LogP contribution in [-0.4, -0.2) is 31.1 Å². The van der Waals surface area contributed by atoms with E-state index < -0.39 is 0 Å². The predicted octanol–water partition coefficient (Wildman–Crippen LogP) is 4.33. The van der Waals surface area contributed by atoms with Crippen LogP contribution in [0.25, 0.3) is 0 Å². The van der Waals surface area contributed by atoms with E-state index in [9.17, 15) is 0 Å². The van der Waals surface area contributed by atoms with Crippen LogP contribution in [0.15, 0.2) is 24.3 Å². The second-order valence-electron chi connectivity index (χ2n) is 7.04. The summed E-state index contributed by atoms with van der Waals surface area (Å²) in [6.07, 6.45) is 5.48. The van der Waals surface area contributed by atoms with Crippen molar-refractivity contribution in [1.29, 1.82) is 0 Å². The number of nitrogens with one attached hydrogen (secondary N) is 1. The molecule has 118 valence electrons. The normalized spacial score (nSPS) is 17.8. The Kier molecular flexibility index (Phi) is 6.09. The van der Waals surface area contributed by atoms with E-state index in [1.807, 2.05) is 12.1 Å². The molecule has 1 saturated carbocycles. The zero-order chi connectivity index (χ0) is 15.3. The van der Waals surface area contributed by atoms with Gasteiger partial charge < -0.3 is 10.2 Å². The van der Waals surface area contributed by atoms with Gasteiger partial charge in [0.05, 0.1) is 0 Å². The maximum atomic E-state index is 5.96. The fraction of sp³-hybridized carbons (Fsp3) is 0.667. The Morgan fingerprint density at radius 1 is 1.19 bits per heavy atom.